The van der Waals surface area contributed by atoms with E-state index in [0.29, 0.717) is 5.95 Å². The minimum absolute atomic E-state index is 0.562. The average Bonchev–Trinajstić information content (AvgIpc) is 3.69. The van der Waals surface area contributed by atoms with E-state index in [1.54, 1.807) is 0 Å². The van der Waals surface area contributed by atoms with Gasteiger partial charge >= 0.3 is 0 Å². The van der Waals surface area contributed by atoms with E-state index in [-0.39, 0.29) is 0 Å². The molecule has 1 saturated heterocycles. The molecule has 6 heteroatoms. The van der Waals surface area contributed by atoms with Crippen LogP contribution in [0, 0.1) is 0 Å². The molecule has 41 heavy (non-hydrogen) atoms. The van der Waals surface area contributed by atoms with Crippen LogP contribution in [0.4, 0.5) is 11.6 Å². The van der Waals surface area contributed by atoms with Crippen molar-refractivity contribution in [2.45, 2.75) is 19.3 Å². The Hall–Kier alpha value is -4.81. The molecule has 1 aliphatic rings. The lowest BCUT2D eigenvalue weighted by molar-refractivity contribution is 0.343. The number of pyridine rings is 1. The van der Waals surface area contributed by atoms with Crippen LogP contribution >= 0.6 is 0 Å². The molecule has 202 valence electrons. The molecule has 0 amide bonds. The first-order valence-corrected chi connectivity index (χ1v) is 14.4. The Balaban J connectivity index is 1.24. The number of fused-ring (bicyclic) bond motifs is 1. The highest BCUT2D eigenvalue weighted by Gasteiger charge is 2.20. The van der Waals surface area contributed by atoms with E-state index in [2.05, 4.69) is 92.4 Å². The highest BCUT2D eigenvalue weighted by atomic mass is 15.1. The van der Waals surface area contributed by atoms with Crippen LogP contribution in [-0.2, 0) is 6.42 Å². The number of hydrogen-bond acceptors (Lipinski definition) is 5. The maximum absolute atomic E-state index is 5.10. The molecule has 4 heterocycles. The van der Waals surface area contributed by atoms with Crippen LogP contribution in [0.2, 0.25) is 0 Å². The molecule has 3 aromatic heterocycles. The molecule has 6 aromatic rings. The third kappa shape index (κ3) is 5.34. The number of nitrogens with one attached hydrogen (secondary N) is 1. The van der Waals surface area contributed by atoms with Gasteiger partial charge in [0.15, 0.2) is 0 Å². The van der Waals surface area contributed by atoms with Crippen LogP contribution in [-0.4, -0.2) is 43.9 Å². The second-order valence-corrected chi connectivity index (χ2v) is 10.5. The van der Waals surface area contributed by atoms with Crippen molar-refractivity contribution in [3.05, 3.63) is 121 Å². The molecule has 0 bridgehead atoms. The molecule has 3 aromatic carbocycles. The Morgan fingerprint density at radius 3 is 2.41 bits per heavy atom. The lowest BCUT2D eigenvalue weighted by Gasteiger charge is -2.15. The van der Waals surface area contributed by atoms with Crippen LogP contribution in [0.3, 0.4) is 0 Å². The van der Waals surface area contributed by atoms with Gasteiger partial charge in [-0.25, -0.2) is 15.0 Å². The molecule has 0 saturated carbocycles. The van der Waals surface area contributed by atoms with Crippen molar-refractivity contribution >= 4 is 17.3 Å². The molecule has 0 radical (unpaired) electrons. The molecule has 1 N–H and O–H groups in total. The van der Waals surface area contributed by atoms with Crippen LogP contribution in [0.5, 0.6) is 0 Å². The van der Waals surface area contributed by atoms with Gasteiger partial charge in [0, 0.05) is 30.2 Å². The molecule has 0 aliphatic carbocycles. The fourth-order valence-corrected chi connectivity index (χ4v) is 5.77. The minimum Gasteiger partial charge on any atom is -0.324 e. The van der Waals surface area contributed by atoms with E-state index in [0.717, 1.165) is 58.1 Å². The van der Waals surface area contributed by atoms with E-state index in [4.69, 9.17) is 9.97 Å². The van der Waals surface area contributed by atoms with E-state index in [1.165, 1.54) is 31.5 Å². The van der Waals surface area contributed by atoms with Crippen molar-refractivity contribution in [1.82, 2.24) is 24.3 Å². The number of hydrogen-bond donors (Lipinski definition) is 1. The molecular formula is C35H32N6. The predicted molar refractivity (Wildman–Crippen MR) is 166 cm³/mol. The van der Waals surface area contributed by atoms with Crippen molar-refractivity contribution < 1.29 is 0 Å². The van der Waals surface area contributed by atoms with Crippen molar-refractivity contribution in [3.8, 4) is 33.8 Å². The van der Waals surface area contributed by atoms with Crippen molar-refractivity contribution in [2.24, 2.45) is 0 Å². The number of benzene rings is 3. The van der Waals surface area contributed by atoms with Gasteiger partial charge in [-0.15, -0.1) is 0 Å². The number of anilines is 2. The summed E-state index contributed by atoms with van der Waals surface area (Å²) in [5, 5.41) is 3.45. The number of aromatic nitrogens is 4. The monoisotopic (exact) mass is 536 g/mol. The van der Waals surface area contributed by atoms with Gasteiger partial charge in [-0.1, -0.05) is 72.8 Å². The molecule has 1 aliphatic heterocycles. The van der Waals surface area contributed by atoms with Gasteiger partial charge in [-0.2, -0.15) is 0 Å². The summed E-state index contributed by atoms with van der Waals surface area (Å²) in [6.45, 7) is 3.55. The van der Waals surface area contributed by atoms with Crippen LogP contribution in [0.1, 0.15) is 18.4 Å². The molecule has 6 nitrogen and oxygen atoms in total. The lowest BCUT2D eigenvalue weighted by Crippen LogP contribution is -2.21. The largest absolute Gasteiger partial charge is 0.324 e. The zero-order valence-electron chi connectivity index (χ0n) is 22.9. The Labute approximate surface area is 240 Å². The van der Waals surface area contributed by atoms with Crippen molar-refractivity contribution in [3.63, 3.8) is 0 Å². The summed E-state index contributed by atoms with van der Waals surface area (Å²) in [5.74, 6) is 0.562. The maximum Gasteiger partial charge on any atom is 0.227 e. The van der Waals surface area contributed by atoms with E-state index >= 15 is 0 Å². The first kappa shape index (κ1) is 25.2. The number of likely N-dealkylation sites (tertiary alicyclic amines) is 1. The Morgan fingerprint density at radius 1 is 0.732 bits per heavy atom. The van der Waals surface area contributed by atoms with Crippen molar-refractivity contribution in [1.29, 1.82) is 0 Å². The average molecular weight is 537 g/mol. The summed E-state index contributed by atoms with van der Waals surface area (Å²) < 4.78 is 2.11. The predicted octanol–water partition coefficient (Wildman–Crippen LogP) is 7.51. The van der Waals surface area contributed by atoms with Gasteiger partial charge in [0.1, 0.15) is 5.65 Å². The summed E-state index contributed by atoms with van der Waals surface area (Å²) in [6.07, 6.45) is 7.55. The van der Waals surface area contributed by atoms with Gasteiger partial charge in [-0.05, 0) is 79.4 Å². The van der Waals surface area contributed by atoms with Gasteiger partial charge in [0.25, 0.3) is 0 Å². The number of imidazole rings is 1. The Kier molecular flexibility index (Phi) is 6.97. The first-order chi connectivity index (χ1) is 20.3. The fraction of sp³-hybridized carbons (Fsp3) is 0.171. The van der Waals surface area contributed by atoms with Crippen molar-refractivity contribution in [2.75, 3.05) is 25.0 Å². The summed E-state index contributed by atoms with van der Waals surface area (Å²) in [4.78, 5) is 17.2. The summed E-state index contributed by atoms with van der Waals surface area (Å²) >= 11 is 0. The maximum atomic E-state index is 5.10. The molecule has 1 fully saturated rings. The van der Waals surface area contributed by atoms with Gasteiger partial charge in [0.2, 0.25) is 5.95 Å². The molecule has 0 unspecified atom stereocenters. The standard InChI is InChI=1S/C35H32N6/c1-2-12-27(13-3-1)29-15-4-5-16-30(29)33-34(41-23-7-6-17-32(41)39-33)31-18-20-36-35(38-31)37-28-14-10-11-26(25-28)19-24-40-21-8-9-22-40/h1-7,10-18,20,23,25H,8-9,19,21-22,24H2,(H,36,37,38). The molecule has 0 spiro atoms. The van der Waals surface area contributed by atoms with E-state index in [9.17, 15) is 0 Å². The Morgan fingerprint density at radius 2 is 1.54 bits per heavy atom. The topological polar surface area (TPSA) is 58.4 Å². The van der Waals surface area contributed by atoms with Gasteiger partial charge in [-0.3, -0.25) is 4.40 Å². The Bertz CT molecular complexity index is 1790. The first-order valence-electron chi connectivity index (χ1n) is 14.4. The third-order valence-corrected chi connectivity index (χ3v) is 7.79. The van der Waals surface area contributed by atoms with E-state index in [1.807, 2.05) is 42.7 Å². The van der Waals surface area contributed by atoms with Crippen LogP contribution in [0.25, 0.3) is 39.4 Å². The molecule has 0 atom stereocenters. The zero-order valence-corrected chi connectivity index (χ0v) is 22.9. The smallest absolute Gasteiger partial charge is 0.227 e. The summed E-state index contributed by atoms with van der Waals surface area (Å²) in [5.41, 5.74) is 9.18. The fourth-order valence-electron chi connectivity index (χ4n) is 5.77. The second-order valence-electron chi connectivity index (χ2n) is 10.5. The summed E-state index contributed by atoms with van der Waals surface area (Å²) in [6, 6.07) is 35.5. The zero-order chi connectivity index (χ0) is 27.4. The highest BCUT2D eigenvalue weighted by Crippen LogP contribution is 2.37. The lowest BCUT2D eigenvalue weighted by atomic mass is 9.96. The number of rotatable bonds is 8. The quantitative estimate of drug-likeness (QED) is 0.218. The SMILES string of the molecule is c1ccc(-c2ccccc2-c2nc3ccccn3c2-c2ccnc(Nc3cccc(CCN4CCCC4)c3)n2)cc1. The van der Waals surface area contributed by atoms with E-state index < -0.39 is 0 Å². The van der Waals surface area contributed by atoms with Gasteiger partial charge < -0.3 is 10.2 Å². The highest BCUT2D eigenvalue weighted by molar-refractivity contribution is 5.89. The van der Waals surface area contributed by atoms with Crippen LogP contribution < -0.4 is 5.32 Å². The second kappa shape index (κ2) is 11.4. The molecule has 7 rings (SSSR count). The third-order valence-electron chi connectivity index (χ3n) is 7.79. The molecular weight excluding hydrogens is 504 g/mol. The van der Waals surface area contributed by atoms with Gasteiger partial charge in [0.05, 0.1) is 17.1 Å². The minimum atomic E-state index is 0.562. The summed E-state index contributed by atoms with van der Waals surface area (Å²) in [7, 11) is 0. The number of nitrogens with zero attached hydrogens (tertiary/aromatic N) is 5. The van der Waals surface area contributed by atoms with Crippen LogP contribution in [0.15, 0.2) is 116 Å². The normalized spacial score (nSPS) is 13.6.